The van der Waals surface area contributed by atoms with Crippen LogP contribution in [0.15, 0.2) is 23.1 Å². The van der Waals surface area contributed by atoms with Gasteiger partial charge >= 0.3 is 0 Å². The Morgan fingerprint density at radius 3 is 2.94 bits per heavy atom. The molecule has 0 radical (unpaired) electrons. The van der Waals surface area contributed by atoms with Crippen LogP contribution in [0.1, 0.15) is 23.5 Å². The summed E-state index contributed by atoms with van der Waals surface area (Å²) in [6, 6.07) is 5.99. The lowest BCUT2D eigenvalue weighted by Gasteiger charge is -2.10. The van der Waals surface area contributed by atoms with Gasteiger partial charge in [-0.2, -0.15) is 0 Å². The predicted octanol–water partition coefficient (Wildman–Crippen LogP) is 1.09. The first kappa shape index (κ1) is 10.3. The molecule has 0 bridgehead atoms. The van der Waals surface area contributed by atoms with E-state index in [0.717, 1.165) is 25.1 Å². The van der Waals surface area contributed by atoms with Gasteiger partial charge in [0.15, 0.2) is 9.84 Å². The van der Waals surface area contributed by atoms with Gasteiger partial charge in [-0.1, -0.05) is 12.1 Å². The third-order valence-electron chi connectivity index (χ3n) is 3.60. The quantitative estimate of drug-likeness (QED) is 0.795. The maximum absolute atomic E-state index is 11.8. The van der Waals surface area contributed by atoms with Gasteiger partial charge in [-0.25, -0.2) is 8.42 Å². The lowest BCUT2D eigenvalue weighted by atomic mass is 9.97. The second-order valence-corrected chi connectivity index (χ2v) is 6.70. The monoisotopic (exact) mass is 237 g/mol. The molecule has 1 unspecified atom stereocenters. The summed E-state index contributed by atoms with van der Waals surface area (Å²) in [5.41, 5.74) is 2.17. The zero-order chi connectivity index (χ0) is 11.2. The predicted molar refractivity (Wildman–Crippen MR) is 62.4 cm³/mol. The van der Waals surface area contributed by atoms with Gasteiger partial charge in [0.05, 0.1) is 10.6 Å². The van der Waals surface area contributed by atoms with E-state index in [4.69, 9.17) is 0 Å². The van der Waals surface area contributed by atoms with Crippen molar-refractivity contribution in [1.82, 2.24) is 5.32 Å². The molecule has 2 aliphatic heterocycles. The summed E-state index contributed by atoms with van der Waals surface area (Å²) in [5, 5.41) is 3.31. The lowest BCUT2D eigenvalue weighted by molar-refractivity contribution is 0.599. The molecule has 0 amide bonds. The van der Waals surface area contributed by atoms with Crippen molar-refractivity contribution in [2.45, 2.75) is 23.7 Å². The topological polar surface area (TPSA) is 46.2 Å². The van der Waals surface area contributed by atoms with Gasteiger partial charge < -0.3 is 5.32 Å². The Morgan fingerprint density at radius 1 is 1.31 bits per heavy atom. The van der Waals surface area contributed by atoms with Crippen LogP contribution >= 0.6 is 0 Å². The summed E-state index contributed by atoms with van der Waals surface area (Å²) in [7, 11) is -2.98. The Bertz CT molecular complexity index is 516. The van der Waals surface area contributed by atoms with E-state index in [9.17, 15) is 8.42 Å². The third-order valence-corrected chi connectivity index (χ3v) is 5.39. The van der Waals surface area contributed by atoms with Crippen LogP contribution < -0.4 is 5.32 Å². The molecule has 1 fully saturated rings. The van der Waals surface area contributed by atoms with Gasteiger partial charge in [0.25, 0.3) is 0 Å². The molecule has 0 saturated carbocycles. The molecule has 1 aromatic rings. The molecule has 1 N–H and O–H groups in total. The fraction of sp³-hybridized carbons (Fsp3) is 0.500. The fourth-order valence-electron chi connectivity index (χ4n) is 2.61. The third kappa shape index (κ3) is 1.57. The number of rotatable bonds is 1. The standard InChI is InChI=1S/C12H15NO2S/c14-16(15)6-4-9-1-2-10(7-12(9)16)11-3-5-13-8-11/h1-2,7,11,13H,3-6,8H2. The van der Waals surface area contributed by atoms with Gasteiger partial charge in [0.1, 0.15) is 0 Å². The van der Waals surface area contributed by atoms with E-state index in [1.165, 1.54) is 5.56 Å². The fourth-order valence-corrected chi connectivity index (χ4v) is 4.21. The van der Waals surface area contributed by atoms with Crippen LogP contribution in [0.5, 0.6) is 0 Å². The van der Waals surface area contributed by atoms with Crippen LogP contribution in [-0.2, 0) is 16.3 Å². The summed E-state index contributed by atoms with van der Waals surface area (Å²) in [4.78, 5) is 0.580. The minimum absolute atomic E-state index is 0.286. The zero-order valence-corrected chi connectivity index (χ0v) is 9.89. The molecule has 0 aliphatic carbocycles. The Hall–Kier alpha value is -0.870. The van der Waals surface area contributed by atoms with Gasteiger partial charge in [0, 0.05) is 6.54 Å². The van der Waals surface area contributed by atoms with E-state index in [-0.39, 0.29) is 5.75 Å². The highest BCUT2D eigenvalue weighted by Gasteiger charge is 2.27. The number of fused-ring (bicyclic) bond motifs is 1. The molecule has 0 spiro atoms. The van der Waals surface area contributed by atoms with E-state index in [0.29, 0.717) is 17.2 Å². The summed E-state index contributed by atoms with van der Waals surface area (Å²) >= 11 is 0. The second-order valence-electron chi connectivity index (χ2n) is 4.63. The molecule has 2 aliphatic rings. The number of sulfone groups is 1. The first-order chi connectivity index (χ1) is 7.67. The van der Waals surface area contributed by atoms with Crippen LogP contribution in [-0.4, -0.2) is 27.3 Å². The highest BCUT2D eigenvalue weighted by molar-refractivity contribution is 7.91. The van der Waals surface area contributed by atoms with Crippen molar-refractivity contribution < 1.29 is 8.42 Å². The molecular formula is C12H15NO2S. The SMILES string of the molecule is O=S1(=O)CCc2ccc(C3CCNC3)cc21. The molecular weight excluding hydrogens is 222 g/mol. The Labute approximate surface area is 95.8 Å². The lowest BCUT2D eigenvalue weighted by Crippen LogP contribution is -2.08. The van der Waals surface area contributed by atoms with Crippen molar-refractivity contribution in [2.75, 3.05) is 18.8 Å². The normalized spacial score (nSPS) is 26.9. The molecule has 16 heavy (non-hydrogen) atoms. The summed E-state index contributed by atoms with van der Waals surface area (Å²) in [6.45, 7) is 2.01. The zero-order valence-electron chi connectivity index (χ0n) is 9.07. The molecule has 3 rings (SSSR count). The van der Waals surface area contributed by atoms with Crippen LogP contribution in [0.3, 0.4) is 0 Å². The van der Waals surface area contributed by atoms with Gasteiger partial charge in [-0.05, 0) is 42.5 Å². The number of aryl methyl sites for hydroxylation is 1. The van der Waals surface area contributed by atoms with Crippen molar-refractivity contribution in [1.29, 1.82) is 0 Å². The molecule has 3 nitrogen and oxygen atoms in total. The van der Waals surface area contributed by atoms with Crippen molar-refractivity contribution in [2.24, 2.45) is 0 Å². The Balaban J connectivity index is 2.05. The van der Waals surface area contributed by atoms with Crippen molar-refractivity contribution in [3.63, 3.8) is 0 Å². The molecule has 1 saturated heterocycles. The van der Waals surface area contributed by atoms with Gasteiger partial charge in [-0.15, -0.1) is 0 Å². The summed E-state index contributed by atoms with van der Waals surface area (Å²) in [5.74, 6) is 0.774. The van der Waals surface area contributed by atoms with Crippen LogP contribution in [0, 0.1) is 0 Å². The number of benzene rings is 1. The highest BCUT2D eigenvalue weighted by Crippen LogP contribution is 2.31. The number of nitrogens with one attached hydrogen (secondary N) is 1. The van der Waals surface area contributed by atoms with E-state index in [1.54, 1.807) is 0 Å². The van der Waals surface area contributed by atoms with Crippen LogP contribution in [0.25, 0.3) is 0 Å². The van der Waals surface area contributed by atoms with E-state index in [2.05, 4.69) is 11.4 Å². The minimum Gasteiger partial charge on any atom is -0.316 e. The summed E-state index contributed by atoms with van der Waals surface area (Å²) in [6.07, 6.45) is 1.79. The smallest absolute Gasteiger partial charge is 0.178 e. The molecule has 0 aromatic heterocycles. The Morgan fingerprint density at radius 2 is 2.19 bits per heavy atom. The largest absolute Gasteiger partial charge is 0.316 e. The average Bonchev–Trinajstić information content (AvgIpc) is 2.87. The number of hydrogen-bond acceptors (Lipinski definition) is 3. The van der Waals surface area contributed by atoms with E-state index < -0.39 is 9.84 Å². The minimum atomic E-state index is -2.98. The van der Waals surface area contributed by atoms with E-state index in [1.807, 2.05) is 12.1 Å². The van der Waals surface area contributed by atoms with Crippen LogP contribution in [0.4, 0.5) is 0 Å². The number of hydrogen-bond donors (Lipinski definition) is 1. The molecule has 86 valence electrons. The first-order valence-electron chi connectivity index (χ1n) is 5.73. The van der Waals surface area contributed by atoms with Crippen molar-refractivity contribution in [3.8, 4) is 0 Å². The van der Waals surface area contributed by atoms with E-state index >= 15 is 0 Å². The maximum Gasteiger partial charge on any atom is 0.178 e. The van der Waals surface area contributed by atoms with Crippen molar-refractivity contribution >= 4 is 9.84 Å². The Kier molecular flexibility index (Phi) is 2.30. The molecule has 2 heterocycles. The molecule has 4 heteroatoms. The molecule has 1 atom stereocenters. The molecule has 1 aromatic carbocycles. The van der Waals surface area contributed by atoms with Crippen LogP contribution in [0.2, 0.25) is 0 Å². The highest BCUT2D eigenvalue weighted by atomic mass is 32.2. The average molecular weight is 237 g/mol. The first-order valence-corrected chi connectivity index (χ1v) is 7.38. The van der Waals surface area contributed by atoms with Gasteiger partial charge in [0.2, 0.25) is 0 Å². The maximum atomic E-state index is 11.8. The van der Waals surface area contributed by atoms with Gasteiger partial charge in [-0.3, -0.25) is 0 Å². The summed E-state index contributed by atoms with van der Waals surface area (Å²) < 4.78 is 23.6. The second kappa shape index (κ2) is 3.57. The van der Waals surface area contributed by atoms with Crippen molar-refractivity contribution in [3.05, 3.63) is 29.3 Å².